The standard InChI is InChI=1S/C15H30N2O3/c1-6-11(4)12(5)13(8-15(19)20)9-17(16)14(18)7-10(2)3/h10-13H,6-9,16H2,1-5H3,(H,19,20). The van der Waals surface area contributed by atoms with Crippen LogP contribution < -0.4 is 5.84 Å². The molecule has 0 aromatic carbocycles. The lowest BCUT2D eigenvalue weighted by molar-refractivity contribution is -0.140. The molecule has 0 bridgehead atoms. The van der Waals surface area contributed by atoms with Crippen molar-refractivity contribution in [2.75, 3.05) is 6.54 Å². The van der Waals surface area contributed by atoms with E-state index in [1.165, 1.54) is 5.01 Å². The number of nitrogens with two attached hydrogens (primary N) is 1. The van der Waals surface area contributed by atoms with Crippen molar-refractivity contribution in [2.45, 2.75) is 53.9 Å². The third-order valence-corrected chi connectivity index (χ3v) is 4.06. The van der Waals surface area contributed by atoms with Crippen molar-refractivity contribution in [2.24, 2.45) is 29.5 Å². The Morgan fingerprint density at radius 2 is 1.70 bits per heavy atom. The van der Waals surface area contributed by atoms with Crippen molar-refractivity contribution in [3.63, 3.8) is 0 Å². The van der Waals surface area contributed by atoms with Crippen LogP contribution in [0.4, 0.5) is 0 Å². The highest BCUT2D eigenvalue weighted by atomic mass is 16.4. The van der Waals surface area contributed by atoms with E-state index in [9.17, 15) is 9.59 Å². The molecule has 1 amide bonds. The average Bonchev–Trinajstić information content (AvgIpc) is 2.34. The summed E-state index contributed by atoms with van der Waals surface area (Å²) < 4.78 is 0. The number of carboxylic acids is 1. The molecule has 3 N–H and O–H groups in total. The van der Waals surface area contributed by atoms with Gasteiger partial charge in [0.2, 0.25) is 5.91 Å². The fourth-order valence-electron chi connectivity index (χ4n) is 2.30. The molecule has 0 aliphatic rings. The fraction of sp³-hybridized carbons (Fsp3) is 0.867. The third-order valence-electron chi connectivity index (χ3n) is 4.06. The SMILES string of the molecule is CCC(C)C(C)C(CC(=O)O)CN(N)C(=O)CC(C)C. The van der Waals surface area contributed by atoms with Crippen molar-refractivity contribution in [3.05, 3.63) is 0 Å². The maximum atomic E-state index is 11.9. The number of hydrazine groups is 1. The van der Waals surface area contributed by atoms with Crippen LogP contribution in [0.3, 0.4) is 0 Å². The molecule has 0 aliphatic heterocycles. The third kappa shape index (κ3) is 6.89. The number of rotatable bonds is 9. The lowest BCUT2D eigenvalue weighted by Crippen LogP contribution is -2.43. The highest BCUT2D eigenvalue weighted by Gasteiger charge is 2.27. The van der Waals surface area contributed by atoms with Gasteiger partial charge in [-0.2, -0.15) is 0 Å². The molecule has 0 heterocycles. The van der Waals surface area contributed by atoms with Crippen molar-refractivity contribution in [1.29, 1.82) is 0 Å². The molecule has 5 nitrogen and oxygen atoms in total. The molecule has 3 unspecified atom stereocenters. The molecule has 0 saturated carbocycles. The van der Waals surface area contributed by atoms with Gasteiger partial charge in [0.25, 0.3) is 0 Å². The Bertz CT molecular complexity index is 318. The molecule has 3 atom stereocenters. The predicted molar refractivity (Wildman–Crippen MR) is 79.7 cm³/mol. The maximum Gasteiger partial charge on any atom is 0.303 e. The molecule has 0 aromatic rings. The smallest absolute Gasteiger partial charge is 0.303 e. The number of carboxylic acid groups (broad SMARTS) is 1. The van der Waals surface area contributed by atoms with Crippen LogP contribution in [0.2, 0.25) is 0 Å². The van der Waals surface area contributed by atoms with Gasteiger partial charge in [0.15, 0.2) is 0 Å². The number of carbonyl (C=O) groups is 2. The predicted octanol–water partition coefficient (Wildman–Crippen LogP) is 2.51. The number of hydrogen-bond donors (Lipinski definition) is 2. The summed E-state index contributed by atoms with van der Waals surface area (Å²) >= 11 is 0. The maximum absolute atomic E-state index is 11.9. The van der Waals surface area contributed by atoms with Crippen molar-refractivity contribution in [3.8, 4) is 0 Å². The Morgan fingerprint density at radius 1 is 1.15 bits per heavy atom. The number of aliphatic carboxylic acids is 1. The fourth-order valence-corrected chi connectivity index (χ4v) is 2.30. The van der Waals surface area contributed by atoms with Crippen LogP contribution in [0.15, 0.2) is 0 Å². The van der Waals surface area contributed by atoms with E-state index < -0.39 is 5.97 Å². The summed E-state index contributed by atoms with van der Waals surface area (Å²) in [5.41, 5.74) is 0. The van der Waals surface area contributed by atoms with Crippen LogP contribution in [0.5, 0.6) is 0 Å². The normalized spacial score (nSPS) is 15.8. The first-order valence-corrected chi connectivity index (χ1v) is 7.45. The zero-order valence-corrected chi connectivity index (χ0v) is 13.4. The zero-order chi connectivity index (χ0) is 15.9. The molecule has 0 spiro atoms. The largest absolute Gasteiger partial charge is 0.481 e. The van der Waals surface area contributed by atoms with Crippen molar-refractivity contribution in [1.82, 2.24) is 5.01 Å². The van der Waals surface area contributed by atoms with Crippen LogP contribution >= 0.6 is 0 Å². The highest BCUT2D eigenvalue weighted by molar-refractivity contribution is 5.75. The minimum absolute atomic E-state index is 0.0498. The summed E-state index contributed by atoms with van der Waals surface area (Å²) in [6, 6.07) is 0. The van der Waals surface area contributed by atoms with Gasteiger partial charge in [-0.3, -0.25) is 14.6 Å². The molecular formula is C15H30N2O3. The molecule has 0 fully saturated rings. The monoisotopic (exact) mass is 286 g/mol. The van der Waals surface area contributed by atoms with E-state index in [0.29, 0.717) is 18.9 Å². The van der Waals surface area contributed by atoms with Gasteiger partial charge in [-0.15, -0.1) is 0 Å². The van der Waals surface area contributed by atoms with Gasteiger partial charge in [-0.1, -0.05) is 41.0 Å². The molecule has 20 heavy (non-hydrogen) atoms. The van der Waals surface area contributed by atoms with Crippen LogP contribution in [0.25, 0.3) is 0 Å². The van der Waals surface area contributed by atoms with Gasteiger partial charge in [-0.05, 0) is 23.7 Å². The molecule has 0 aliphatic carbocycles. The Labute approximate surface area is 122 Å². The Hall–Kier alpha value is -1.10. The first-order chi connectivity index (χ1) is 9.18. The first kappa shape index (κ1) is 18.9. The summed E-state index contributed by atoms with van der Waals surface area (Å²) in [6.07, 6.45) is 1.43. The van der Waals surface area contributed by atoms with Crippen molar-refractivity contribution >= 4 is 11.9 Å². The number of carbonyl (C=O) groups excluding carboxylic acids is 1. The number of nitrogens with zero attached hydrogens (tertiary/aromatic N) is 1. The number of hydrogen-bond acceptors (Lipinski definition) is 3. The van der Waals surface area contributed by atoms with Crippen molar-refractivity contribution < 1.29 is 14.7 Å². The molecule has 0 saturated heterocycles. The lowest BCUT2D eigenvalue weighted by atomic mass is 9.80. The summed E-state index contributed by atoms with van der Waals surface area (Å²) in [5, 5.41) is 10.2. The van der Waals surface area contributed by atoms with E-state index in [-0.39, 0.29) is 30.1 Å². The molecule has 118 valence electrons. The number of amides is 1. The summed E-state index contributed by atoms with van der Waals surface area (Å²) in [5.74, 6) is 5.62. The lowest BCUT2D eigenvalue weighted by Gasteiger charge is -2.30. The molecular weight excluding hydrogens is 256 g/mol. The van der Waals surface area contributed by atoms with Gasteiger partial charge >= 0.3 is 5.97 Å². The second-order valence-electron chi connectivity index (χ2n) is 6.25. The average molecular weight is 286 g/mol. The molecule has 0 aromatic heterocycles. The summed E-state index contributed by atoms with van der Waals surface area (Å²) in [6.45, 7) is 10.5. The van der Waals surface area contributed by atoms with Gasteiger partial charge < -0.3 is 5.11 Å². The second kappa shape index (κ2) is 8.95. The summed E-state index contributed by atoms with van der Waals surface area (Å²) in [7, 11) is 0. The van der Waals surface area contributed by atoms with Crippen LogP contribution in [0.1, 0.15) is 53.9 Å². The topological polar surface area (TPSA) is 83.6 Å². The van der Waals surface area contributed by atoms with Crippen LogP contribution in [-0.2, 0) is 9.59 Å². The highest BCUT2D eigenvalue weighted by Crippen LogP contribution is 2.26. The van der Waals surface area contributed by atoms with Crippen LogP contribution in [-0.4, -0.2) is 28.5 Å². The first-order valence-electron chi connectivity index (χ1n) is 7.45. The molecule has 0 rings (SSSR count). The summed E-state index contributed by atoms with van der Waals surface area (Å²) in [4.78, 5) is 22.9. The second-order valence-corrected chi connectivity index (χ2v) is 6.25. The Kier molecular flexibility index (Phi) is 8.46. The van der Waals surface area contributed by atoms with E-state index in [4.69, 9.17) is 10.9 Å². The van der Waals surface area contributed by atoms with Gasteiger partial charge in [0.05, 0.1) is 6.42 Å². The van der Waals surface area contributed by atoms with E-state index in [0.717, 1.165) is 6.42 Å². The zero-order valence-electron chi connectivity index (χ0n) is 13.4. The van der Waals surface area contributed by atoms with Gasteiger partial charge in [0.1, 0.15) is 0 Å². The quantitative estimate of drug-likeness (QED) is 0.387. The van der Waals surface area contributed by atoms with E-state index in [2.05, 4.69) is 13.8 Å². The van der Waals surface area contributed by atoms with Gasteiger partial charge in [0, 0.05) is 13.0 Å². The minimum Gasteiger partial charge on any atom is -0.481 e. The minimum atomic E-state index is -0.838. The Balaban J connectivity index is 4.71. The van der Waals surface area contributed by atoms with E-state index in [1.54, 1.807) is 0 Å². The molecule has 5 heteroatoms. The molecule has 0 radical (unpaired) electrons. The van der Waals surface area contributed by atoms with E-state index >= 15 is 0 Å². The Morgan fingerprint density at radius 3 is 2.10 bits per heavy atom. The van der Waals surface area contributed by atoms with Crippen LogP contribution in [0, 0.1) is 23.7 Å². The van der Waals surface area contributed by atoms with Gasteiger partial charge in [-0.25, -0.2) is 5.84 Å². The van der Waals surface area contributed by atoms with E-state index in [1.807, 2.05) is 20.8 Å².